The molecule has 0 radical (unpaired) electrons. The summed E-state index contributed by atoms with van der Waals surface area (Å²) in [7, 11) is 0. The highest BCUT2D eigenvalue weighted by Gasteiger charge is 2.48. The van der Waals surface area contributed by atoms with Crippen molar-refractivity contribution in [3.8, 4) is 0 Å². The number of ether oxygens (including phenoxy) is 1. The molecule has 0 aromatic carbocycles. The first-order chi connectivity index (χ1) is 14.8. The second-order valence-electron chi connectivity index (χ2n) is 8.03. The number of halogens is 3. The summed E-state index contributed by atoms with van der Waals surface area (Å²) in [6, 6.07) is 2.41. The minimum Gasteiger partial charge on any atom is -0.374 e. The van der Waals surface area contributed by atoms with Gasteiger partial charge in [0.2, 0.25) is 5.95 Å². The van der Waals surface area contributed by atoms with Crippen molar-refractivity contribution in [1.29, 1.82) is 0 Å². The highest BCUT2D eigenvalue weighted by Crippen LogP contribution is 2.36. The number of alkyl halides is 3. The molecular formula is C20H20F3N5O3. The average molecular weight is 435 g/mol. The Morgan fingerprint density at radius 1 is 1.26 bits per heavy atom. The lowest BCUT2D eigenvalue weighted by Crippen LogP contribution is -2.54. The van der Waals surface area contributed by atoms with E-state index in [4.69, 9.17) is 4.74 Å². The molecule has 2 fully saturated rings. The normalized spacial score (nSPS) is 25.1. The van der Waals surface area contributed by atoms with Gasteiger partial charge >= 0.3 is 6.18 Å². The van der Waals surface area contributed by atoms with E-state index >= 15 is 0 Å². The number of rotatable bonds is 4. The maximum absolute atomic E-state index is 13.9. The Labute approximate surface area is 175 Å². The molecule has 1 unspecified atom stereocenters. The largest absolute Gasteiger partial charge is 0.408 e. The second kappa shape index (κ2) is 7.33. The molecule has 3 aliphatic heterocycles. The molecule has 2 aromatic rings. The van der Waals surface area contributed by atoms with Crippen molar-refractivity contribution in [1.82, 2.24) is 14.5 Å². The third-order valence-electron chi connectivity index (χ3n) is 6.12. The van der Waals surface area contributed by atoms with Gasteiger partial charge in [-0.1, -0.05) is 0 Å². The van der Waals surface area contributed by atoms with Crippen LogP contribution in [0, 0.1) is 0 Å². The van der Waals surface area contributed by atoms with E-state index in [1.165, 1.54) is 35.2 Å². The fraction of sp³-hybridized carbons (Fsp3) is 0.500. The summed E-state index contributed by atoms with van der Waals surface area (Å²) in [5.74, 6) is -0.295. The Hall–Kier alpha value is -2.95. The number of carbonyl (C=O) groups excluding carboxylic acids is 1. The molecule has 0 aliphatic carbocycles. The van der Waals surface area contributed by atoms with E-state index in [1.807, 2.05) is 4.90 Å². The van der Waals surface area contributed by atoms with E-state index < -0.39 is 30.1 Å². The number of anilines is 2. The average Bonchev–Trinajstić information content (AvgIpc) is 3.37. The van der Waals surface area contributed by atoms with Crippen molar-refractivity contribution < 1.29 is 22.7 Å². The number of Topliss-reactive ketones (excluding diaryl/α,β-unsaturated/α-hetero) is 1. The van der Waals surface area contributed by atoms with Gasteiger partial charge in [-0.15, -0.1) is 0 Å². The van der Waals surface area contributed by atoms with E-state index in [2.05, 4.69) is 9.97 Å². The van der Waals surface area contributed by atoms with Crippen molar-refractivity contribution in [2.24, 2.45) is 0 Å². The summed E-state index contributed by atoms with van der Waals surface area (Å²) >= 11 is 0. The van der Waals surface area contributed by atoms with Gasteiger partial charge < -0.3 is 14.5 Å². The SMILES string of the molecule is O=C(CN1c2nc(N3C[C@@H]4C[C@H]3CO4)cc(=O)n2CCC1C(F)(F)F)c1ccncc1. The number of nitrogens with zero attached hydrogens (tertiary/aromatic N) is 5. The molecule has 31 heavy (non-hydrogen) atoms. The van der Waals surface area contributed by atoms with Crippen LogP contribution in [0.3, 0.4) is 0 Å². The minimum atomic E-state index is -4.57. The van der Waals surface area contributed by atoms with Gasteiger partial charge in [0.1, 0.15) is 11.9 Å². The first-order valence-electron chi connectivity index (χ1n) is 10.1. The number of ketones is 1. The second-order valence-corrected chi connectivity index (χ2v) is 8.03. The van der Waals surface area contributed by atoms with Gasteiger partial charge in [0.05, 0.1) is 25.3 Å². The van der Waals surface area contributed by atoms with Crippen LogP contribution < -0.4 is 15.4 Å². The Morgan fingerprint density at radius 2 is 2.03 bits per heavy atom. The smallest absolute Gasteiger partial charge is 0.374 e. The molecule has 5 heterocycles. The molecular weight excluding hydrogens is 415 g/mol. The first-order valence-corrected chi connectivity index (χ1v) is 10.1. The van der Waals surface area contributed by atoms with Crippen molar-refractivity contribution >= 4 is 17.5 Å². The van der Waals surface area contributed by atoms with Crippen LogP contribution in [-0.4, -0.2) is 64.4 Å². The summed E-state index contributed by atoms with van der Waals surface area (Å²) in [6.07, 6.45) is -1.25. The van der Waals surface area contributed by atoms with Gasteiger partial charge in [-0.2, -0.15) is 18.2 Å². The van der Waals surface area contributed by atoms with Crippen LogP contribution in [0.2, 0.25) is 0 Å². The zero-order valence-electron chi connectivity index (χ0n) is 16.5. The summed E-state index contributed by atoms with van der Waals surface area (Å²) in [5.41, 5.74) is -0.175. The van der Waals surface area contributed by atoms with Crippen molar-refractivity contribution in [3.05, 3.63) is 46.5 Å². The fourth-order valence-corrected chi connectivity index (χ4v) is 4.59. The van der Waals surface area contributed by atoms with Gasteiger partial charge in [-0.25, -0.2) is 0 Å². The molecule has 0 N–H and O–H groups in total. The van der Waals surface area contributed by atoms with Crippen LogP contribution in [0.15, 0.2) is 35.4 Å². The number of aromatic nitrogens is 3. The minimum absolute atomic E-state index is 0.0397. The molecule has 5 rings (SSSR count). The van der Waals surface area contributed by atoms with E-state index in [0.29, 0.717) is 19.0 Å². The molecule has 2 bridgehead atoms. The number of hydrogen-bond acceptors (Lipinski definition) is 7. The van der Waals surface area contributed by atoms with Crippen LogP contribution in [0.25, 0.3) is 0 Å². The Morgan fingerprint density at radius 3 is 2.68 bits per heavy atom. The number of pyridine rings is 1. The summed E-state index contributed by atoms with van der Waals surface area (Å²) < 4.78 is 48.4. The zero-order chi connectivity index (χ0) is 21.8. The number of fused-ring (bicyclic) bond motifs is 3. The Balaban J connectivity index is 1.54. The maximum Gasteiger partial charge on any atom is 0.408 e. The Kier molecular flexibility index (Phi) is 4.72. The molecule has 11 heteroatoms. The molecule has 2 saturated heterocycles. The zero-order valence-corrected chi connectivity index (χ0v) is 16.5. The van der Waals surface area contributed by atoms with Crippen molar-refractivity contribution in [2.75, 3.05) is 29.5 Å². The maximum atomic E-state index is 13.9. The van der Waals surface area contributed by atoms with Gasteiger partial charge in [0, 0.05) is 37.1 Å². The van der Waals surface area contributed by atoms with Crippen LogP contribution in [0.5, 0.6) is 0 Å². The van der Waals surface area contributed by atoms with Crippen LogP contribution in [0.4, 0.5) is 24.9 Å². The van der Waals surface area contributed by atoms with Crippen LogP contribution >= 0.6 is 0 Å². The number of hydrogen-bond donors (Lipinski definition) is 0. The fourth-order valence-electron chi connectivity index (χ4n) is 4.59. The molecule has 2 aromatic heterocycles. The standard InChI is InChI=1S/C20H20F3N5O3/c21-20(22,23)16-3-6-26-18(30)8-17(27-9-14-7-13(27)11-31-14)25-19(26)28(16)10-15(29)12-1-4-24-5-2-12/h1-2,4-5,8,13-14,16H,3,6-7,9-11H2/t13-,14-,16?/m0/s1. The molecule has 0 saturated carbocycles. The topological polar surface area (TPSA) is 80.6 Å². The van der Waals surface area contributed by atoms with E-state index in [0.717, 1.165) is 11.3 Å². The highest BCUT2D eigenvalue weighted by atomic mass is 19.4. The van der Waals surface area contributed by atoms with Crippen LogP contribution in [-0.2, 0) is 11.3 Å². The van der Waals surface area contributed by atoms with Gasteiger partial charge in [-0.05, 0) is 25.0 Å². The third-order valence-corrected chi connectivity index (χ3v) is 6.12. The van der Waals surface area contributed by atoms with Crippen LogP contribution in [0.1, 0.15) is 23.2 Å². The molecule has 164 valence electrons. The predicted octanol–water partition coefficient (Wildman–Crippen LogP) is 1.64. The summed E-state index contributed by atoms with van der Waals surface area (Å²) in [4.78, 5) is 36.6. The summed E-state index contributed by atoms with van der Waals surface area (Å²) in [6.45, 7) is 0.388. The third kappa shape index (κ3) is 3.56. The first kappa shape index (κ1) is 20.0. The lowest BCUT2D eigenvalue weighted by molar-refractivity contribution is -0.152. The number of carbonyl (C=O) groups is 1. The molecule has 0 amide bonds. The monoisotopic (exact) mass is 435 g/mol. The van der Waals surface area contributed by atoms with E-state index in [1.54, 1.807) is 0 Å². The quantitative estimate of drug-likeness (QED) is 0.676. The lowest BCUT2D eigenvalue weighted by Gasteiger charge is -2.39. The molecule has 3 aliphatic rings. The van der Waals surface area contributed by atoms with Gasteiger partial charge in [-0.3, -0.25) is 19.1 Å². The van der Waals surface area contributed by atoms with Crippen molar-refractivity contribution in [2.45, 2.75) is 43.8 Å². The Bertz CT molecular complexity index is 1060. The molecule has 0 spiro atoms. The number of morpholine rings is 1. The van der Waals surface area contributed by atoms with E-state index in [9.17, 15) is 22.8 Å². The highest BCUT2D eigenvalue weighted by molar-refractivity contribution is 5.99. The lowest BCUT2D eigenvalue weighted by atomic mass is 10.1. The van der Waals surface area contributed by atoms with Gasteiger partial charge in [0.25, 0.3) is 5.56 Å². The van der Waals surface area contributed by atoms with Gasteiger partial charge in [0.15, 0.2) is 5.78 Å². The predicted molar refractivity (Wildman–Crippen MR) is 104 cm³/mol. The van der Waals surface area contributed by atoms with Crippen molar-refractivity contribution in [3.63, 3.8) is 0 Å². The molecule has 8 nitrogen and oxygen atoms in total. The molecule has 3 atom stereocenters. The van der Waals surface area contributed by atoms with E-state index in [-0.39, 0.29) is 36.6 Å². The summed E-state index contributed by atoms with van der Waals surface area (Å²) in [5, 5.41) is 0.